The first-order valence-electron chi connectivity index (χ1n) is 8.35. The predicted molar refractivity (Wildman–Crippen MR) is 96.7 cm³/mol. The Bertz CT molecular complexity index is 674. The van der Waals surface area contributed by atoms with E-state index in [1.165, 1.54) is 6.92 Å². The van der Waals surface area contributed by atoms with E-state index >= 15 is 0 Å². The molecule has 25 heavy (non-hydrogen) atoms. The lowest BCUT2D eigenvalue weighted by atomic mass is 10.0. The van der Waals surface area contributed by atoms with Gasteiger partial charge in [0.2, 0.25) is 11.8 Å². The Hall–Kier alpha value is -2.66. The Kier molecular flexibility index (Phi) is 7.16. The van der Waals surface area contributed by atoms with Crippen molar-refractivity contribution < 1.29 is 14.7 Å². The number of hydrogen-bond donors (Lipinski definition) is 2. The summed E-state index contributed by atoms with van der Waals surface area (Å²) in [6.45, 7) is 1.87. The molecule has 0 heterocycles. The van der Waals surface area contributed by atoms with Crippen molar-refractivity contribution in [2.45, 2.75) is 25.9 Å². The summed E-state index contributed by atoms with van der Waals surface area (Å²) in [5.41, 5.74) is 1.94. The fraction of sp³-hybridized carbons (Fsp3) is 0.300. The first-order chi connectivity index (χ1) is 12.1. The Morgan fingerprint density at radius 2 is 1.56 bits per heavy atom. The number of rotatable bonds is 8. The molecular weight excluding hydrogens is 316 g/mol. The maximum absolute atomic E-state index is 12.6. The van der Waals surface area contributed by atoms with Crippen molar-refractivity contribution in [3.63, 3.8) is 0 Å². The molecule has 0 radical (unpaired) electrons. The van der Waals surface area contributed by atoms with Gasteiger partial charge in [0, 0.05) is 26.4 Å². The first kappa shape index (κ1) is 18.7. The third-order valence-corrected chi connectivity index (χ3v) is 3.96. The highest BCUT2D eigenvalue weighted by Crippen LogP contribution is 2.14. The average molecular weight is 340 g/mol. The van der Waals surface area contributed by atoms with Crippen LogP contribution in [-0.4, -0.2) is 41.0 Å². The van der Waals surface area contributed by atoms with E-state index in [1.807, 2.05) is 60.7 Å². The van der Waals surface area contributed by atoms with Gasteiger partial charge in [-0.25, -0.2) is 0 Å². The van der Waals surface area contributed by atoms with Crippen LogP contribution in [0.5, 0.6) is 0 Å². The van der Waals surface area contributed by atoms with E-state index in [0.717, 1.165) is 11.1 Å². The summed E-state index contributed by atoms with van der Waals surface area (Å²) < 4.78 is 0. The monoisotopic (exact) mass is 340 g/mol. The molecule has 1 unspecified atom stereocenters. The fourth-order valence-corrected chi connectivity index (χ4v) is 2.70. The molecule has 5 heteroatoms. The van der Waals surface area contributed by atoms with Gasteiger partial charge in [0.15, 0.2) is 0 Å². The highest BCUT2D eigenvalue weighted by Gasteiger charge is 2.28. The lowest BCUT2D eigenvalue weighted by Gasteiger charge is -2.30. The van der Waals surface area contributed by atoms with Crippen LogP contribution >= 0.6 is 0 Å². The van der Waals surface area contributed by atoms with Gasteiger partial charge in [-0.15, -0.1) is 0 Å². The minimum absolute atomic E-state index is 0.136. The van der Waals surface area contributed by atoms with Gasteiger partial charge >= 0.3 is 0 Å². The maximum atomic E-state index is 12.6. The van der Waals surface area contributed by atoms with E-state index in [9.17, 15) is 9.59 Å². The van der Waals surface area contributed by atoms with E-state index in [4.69, 9.17) is 5.11 Å². The largest absolute Gasteiger partial charge is 0.395 e. The second-order valence-electron chi connectivity index (χ2n) is 5.85. The molecule has 2 amide bonds. The lowest BCUT2D eigenvalue weighted by molar-refractivity contribution is -0.139. The topological polar surface area (TPSA) is 69.6 Å². The average Bonchev–Trinajstić information content (AvgIpc) is 2.64. The lowest BCUT2D eigenvalue weighted by Crippen LogP contribution is -2.50. The standard InChI is InChI=1S/C20H24N2O3/c1-16(24)22(15-18-10-6-3-7-11-18)19(20(25)21-12-13-23)14-17-8-4-2-5-9-17/h2-11,19,23H,12-15H2,1H3,(H,21,25). The van der Waals surface area contributed by atoms with Gasteiger partial charge in [-0.3, -0.25) is 9.59 Å². The van der Waals surface area contributed by atoms with E-state index in [-0.39, 0.29) is 25.0 Å². The van der Waals surface area contributed by atoms with E-state index in [0.29, 0.717) is 13.0 Å². The Morgan fingerprint density at radius 3 is 2.08 bits per heavy atom. The zero-order valence-electron chi connectivity index (χ0n) is 14.4. The summed E-state index contributed by atoms with van der Waals surface area (Å²) in [6, 6.07) is 18.6. The van der Waals surface area contributed by atoms with E-state index in [1.54, 1.807) is 4.90 Å². The summed E-state index contributed by atoms with van der Waals surface area (Å²) in [6.07, 6.45) is 0.421. The van der Waals surface area contributed by atoms with Gasteiger partial charge in [0.25, 0.3) is 0 Å². The highest BCUT2D eigenvalue weighted by atomic mass is 16.3. The van der Waals surface area contributed by atoms with Gasteiger partial charge < -0.3 is 15.3 Å². The van der Waals surface area contributed by atoms with Crippen LogP contribution in [0.1, 0.15) is 18.1 Å². The summed E-state index contributed by atoms with van der Waals surface area (Å²) in [5, 5.41) is 11.7. The molecule has 0 aliphatic rings. The minimum Gasteiger partial charge on any atom is -0.395 e. The Labute approximate surface area is 148 Å². The van der Waals surface area contributed by atoms with Crippen molar-refractivity contribution in [2.75, 3.05) is 13.2 Å². The SMILES string of the molecule is CC(=O)N(Cc1ccccc1)C(Cc1ccccc1)C(=O)NCCO. The summed E-state index contributed by atoms with van der Waals surface area (Å²) >= 11 is 0. The normalized spacial score (nSPS) is 11.6. The van der Waals surface area contributed by atoms with Crippen LogP contribution < -0.4 is 5.32 Å². The second-order valence-corrected chi connectivity index (χ2v) is 5.85. The molecule has 0 bridgehead atoms. The zero-order chi connectivity index (χ0) is 18.1. The van der Waals surface area contributed by atoms with Crippen LogP contribution in [0.3, 0.4) is 0 Å². The summed E-state index contributed by atoms with van der Waals surface area (Å²) in [5.74, 6) is -0.423. The molecule has 2 aromatic rings. The molecule has 5 nitrogen and oxygen atoms in total. The summed E-state index contributed by atoms with van der Waals surface area (Å²) in [4.78, 5) is 26.5. The van der Waals surface area contributed by atoms with Crippen LogP contribution in [0, 0.1) is 0 Å². The molecule has 0 aromatic heterocycles. The molecule has 0 spiro atoms. The molecule has 2 N–H and O–H groups in total. The Morgan fingerprint density at radius 1 is 1.00 bits per heavy atom. The van der Waals surface area contributed by atoms with Crippen LogP contribution in [0.2, 0.25) is 0 Å². The molecule has 2 rings (SSSR count). The van der Waals surface area contributed by atoms with Crippen molar-refractivity contribution in [1.82, 2.24) is 10.2 Å². The van der Waals surface area contributed by atoms with Crippen molar-refractivity contribution in [3.8, 4) is 0 Å². The zero-order valence-corrected chi connectivity index (χ0v) is 14.4. The predicted octanol–water partition coefficient (Wildman–Crippen LogP) is 1.75. The van der Waals surface area contributed by atoms with Crippen LogP contribution in [0.4, 0.5) is 0 Å². The van der Waals surface area contributed by atoms with Crippen LogP contribution in [0.15, 0.2) is 60.7 Å². The number of hydrogen-bond acceptors (Lipinski definition) is 3. The molecule has 0 fully saturated rings. The number of amides is 2. The molecule has 132 valence electrons. The van der Waals surface area contributed by atoms with Crippen molar-refractivity contribution in [1.29, 1.82) is 0 Å². The number of aliphatic hydroxyl groups excluding tert-OH is 1. The number of carbonyl (C=O) groups excluding carboxylic acids is 2. The summed E-state index contributed by atoms with van der Waals surface area (Å²) in [7, 11) is 0. The smallest absolute Gasteiger partial charge is 0.243 e. The minimum atomic E-state index is -0.633. The number of aliphatic hydroxyl groups is 1. The number of nitrogens with one attached hydrogen (secondary N) is 1. The van der Waals surface area contributed by atoms with Crippen LogP contribution in [-0.2, 0) is 22.6 Å². The van der Waals surface area contributed by atoms with Crippen LogP contribution in [0.25, 0.3) is 0 Å². The van der Waals surface area contributed by atoms with E-state index in [2.05, 4.69) is 5.32 Å². The van der Waals surface area contributed by atoms with Gasteiger partial charge in [-0.2, -0.15) is 0 Å². The molecule has 2 aromatic carbocycles. The first-order valence-corrected chi connectivity index (χ1v) is 8.35. The van der Waals surface area contributed by atoms with Crippen molar-refractivity contribution in [2.24, 2.45) is 0 Å². The molecule has 1 atom stereocenters. The maximum Gasteiger partial charge on any atom is 0.243 e. The van der Waals surface area contributed by atoms with Gasteiger partial charge in [0.05, 0.1) is 6.61 Å². The fourth-order valence-electron chi connectivity index (χ4n) is 2.70. The highest BCUT2D eigenvalue weighted by molar-refractivity contribution is 5.87. The van der Waals surface area contributed by atoms with E-state index < -0.39 is 6.04 Å². The third kappa shape index (κ3) is 5.72. The molecule has 0 saturated carbocycles. The van der Waals surface area contributed by atoms with Crippen molar-refractivity contribution in [3.05, 3.63) is 71.8 Å². The van der Waals surface area contributed by atoms with Crippen molar-refractivity contribution >= 4 is 11.8 Å². The van der Waals surface area contributed by atoms with Gasteiger partial charge in [-0.1, -0.05) is 60.7 Å². The Balaban J connectivity index is 2.25. The molecular formula is C20H24N2O3. The van der Waals surface area contributed by atoms with Gasteiger partial charge in [-0.05, 0) is 11.1 Å². The second kappa shape index (κ2) is 9.59. The third-order valence-electron chi connectivity index (χ3n) is 3.96. The molecule has 0 aliphatic heterocycles. The number of nitrogens with zero attached hydrogens (tertiary/aromatic N) is 1. The molecule has 0 saturated heterocycles. The number of benzene rings is 2. The number of carbonyl (C=O) groups is 2. The van der Waals surface area contributed by atoms with Gasteiger partial charge in [0.1, 0.15) is 6.04 Å². The molecule has 0 aliphatic carbocycles. The quantitative estimate of drug-likeness (QED) is 0.769.